The lowest BCUT2D eigenvalue weighted by Crippen LogP contribution is -2.05. The van der Waals surface area contributed by atoms with Gasteiger partial charge in [0, 0.05) is 5.56 Å². The van der Waals surface area contributed by atoms with E-state index in [1.165, 1.54) is 0 Å². The van der Waals surface area contributed by atoms with Crippen LogP contribution in [0.5, 0.6) is 5.75 Å². The molecule has 0 aliphatic rings. The van der Waals surface area contributed by atoms with Crippen molar-refractivity contribution < 1.29 is 23.4 Å². The number of hydrogen-bond donors (Lipinski definition) is 1. The predicted molar refractivity (Wildman–Crippen MR) is 49.3 cm³/mol. The van der Waals surface area contributed by atoms with E-state index >= 15 is 0 Å². The molecular weight excluding hydrogens is 230 g/mol. The van der Waals surface area contributed by atoms with Crippen LogP contribution in [0.1, 0.15) is 5.56 Å². The lowest BCUT2D eigenvalue weighted by molar-refractivity contribution is -0.136. The molecule has 0 aliphatic heterocycles. The second-order valence-electron chi connectivity index (χ2n) is 2.75. The Bertz CT molecular complexity index is 407. The molecule has 6 heteroatoms. The summed E-state index contributed by atoms with van der Waals surface area (Å²) in [6.07, 6.45) is -0.581. The molecule has 1 aromatic rings. The summed E-state index contributed by atoms with van der Waals surface area (Å²) in [5.74, 6) is -3.98. The molecule has 15 heavy (non-hydrogen) atoms. The Balaban J connectivity index is 3.30. The van der Waals surface area contributed by atoms with Crippen LogP contribution in [-0.4, -0.2) is 18.2 Å². The van der Waals surface area contributed by atoms with Gasteiger partial charge in [0.2, 0.25) is 0 Å². The van der Waals surface area contributed by atoms with E-state index in [-0.39, 0.29) is 10.6 Å². The van der Waals surface area contributed by atoms with E-state index in [0.29, 0.717) is 0 Å². The monoisotopic (exact) mass is 236 g/mol. The number of halogens is 3. The predicted octanol–water partition coefficient (Wildman–Crippen LogP) is 2.25. The van der Waals surface area contributed by atoms with Crippen LogP contribution in [0.2, 0.25) is 5.02 Å². The topological polar surface area (TPSA) is 46.5 Å². The third kappa shape index (κ3) is 2.36. The van der Waals surface area contributed by atoms with Gasteiger partial charge in [-0.2, -0.15) is 0 Å². The minimum atomic E-state index is -1.24. The number of carboxylic acids is 1. The van der Waals surface area contributed by atoms with Crippen LogP contribution in [0.4, 0.5) is 8.78 Å². The first kappa shape index (κ1) is 11.7. The van der Waals surface area contributed by atoms with Crippen LogP contribution in [0, 0.1) is 11.6 Å². The zero-order chi connectivity index (χ0) is 11.6. The maximum absolute atomic E-state index is 13.4. The highest BCUT2D eigenvalue weighted by molar-refractivity contribution is 6.31. The molecular formula is C9H7ClF2O3. The highest BCUT2D eigenvalue weighted by atomic mass is 35.5. The quantitative estimate of drug-likeness (QED) is 0.819. The van der Waals surface area contributed by atoms with Crippen molar-refractivity contribution in [2.45, 2.75) is 6.42 Å². The summed E-state index contributed by atoms with van der Waals surface area (Å²) in [4.78, 5) is 10.4. The molecule has 0 bridgehead atoms. The van der Waals surface area contributed by atoms with E-state index in [9.17, 15) is 13.6 Å². The number of hydrogen-bond acceptors (Lipinski definition) is 2. The number of rotatable bonds is 3. The van der Waals surface area contributed by atoms with E-state index in [1.807, 2.05) is 0 Å². The van der Waals surface area contributed by atoms with E-state index < -0.39 is 29.8 Å². The minimum absolute atomic E-state index is 0.217. The van der Waals surface area contributed by atoms with E-state index in [2.05, 4.69) is 4.74 Å². The van der Waals surface area contributed by atoms with Crippen LogP contribution in [0.15, 0.2) is 6.07 Å². The lowest BCUT2D eigenvalue weighted by Gasteiger charge is -2.08. The Morgan fingerprint density at radius 1 is 1.53 bits per heavy atom. The zero-order valence-corrected chi connectivity index (χ0v) is 8.44. The molecule has 0 fully saturated rings. The van der Waals surface area contributed by atoms with Crippen molar-refractivity contribution in [2.75, 3.05) is 7.11 Å². The second-order valence-corrected chi connectivity index (χ2v) is 3.16. The van der Waals surface area contributed by atoms with E-state index in [1.54, 1.807) is 0 Å². The second kappa shape index (κ2) is 4.44. The normalized spacial score (nSPS) is 10.1. The largest absolute Gasteiger partial charge is 0.491 e. The zero-order valence-electron chi connectivity index (χ0n) is 7.68. The van der Waals surface area contributed by atoms with Gasteiger partial charge in [-0.3, -0.25) is 4.79 Å². The van der Waals surface area contributed by atoms with Crippen molar-refractivity contribution in [3.05, 3.63) is 28.3 Å². The number of carboxylic acid groups (broad SMARTS) is 1. The average molecular weight is 237 g/mol. The SMILES string of the molecule is COc1c(F)c(Cl)cc(CC(=O)O)c1F. The van der Waals surface area contributed by atoms with Gasteiger partial charge in [-0.15, -0.1) is 0 Å². The summed E-state index contributed by atoms with van der Waals surface area (Å²) in [5, 5.41) is 8.10. The van der Waals surface area contributed by atoms with Gasteiger partial charge in [0.15, 0.2) is 17.4 Å². The molecule has 1 aromatic carbocycles. The molecule has 0 saturated carbocycles. The summed E-state index contributed by atoms with van der Waals surface area (Å²) in [6.45, 7) is 0. The van der Waals surface area contributed by atoms with Crippen LogP contribution < -0.4 is 4.74 Å². The van der Waals surface area contributed by atoms with Gasteiger partial charge in [0.25, 0.3) is 0 Å². The van der Waals surface area contributed by atoms with Crippen molar-refractivity contribution >= 4 is 17.6 Å². The van der Waals surface area contributed by atoms with E-state index in [0.717, 1.165) is 13.2 Å². The molecule has 1 N–H and O–H groups in total. The molecule has 0 spiro atoms. The van der Waals surface area contributed by atoms with Gasteiger partial charge >= 0.3 is 5.97 Å². The third-order valence-corrected chi connectivity index (χ3v) is 2.01. The first-order valence-electron chi connectivity index (χ1n) is 3.89. The standard InChI is InChI=1S/C9H7ClF2O3/c1-15-9-7(11)4(3-6(13)14)2-5(10)8(9)12/h2H,3H2,1H3,(H,13,14). The van der Waals surface area contributed by atoms with Gasteiger partial charge in [0.1, 0.15) is 0 Å². The van der Waals surface area contributed by atoms with Gasteiger partial charge < -0.3 is 9.84 Å². The Kier molecular flexibility index (Phi) is 3.47. The Morgan fingerprint density at radius 3 is 2.60 bits per heavy atom. The van der Waals surface area contributed by atoms with Crippen molar-refractivity contribution in [1.29, 1.82) is 0 Å². The molecule has 0 heterocycles. The molecule has 82 valence electrons. The fraction of sp³-hybridized carbons (Fsp3) is 0.222. The number of carbonyl (C=O) groups is 1. The minimum Gasteiger partial charge on any atom is -0.491 e. The van der Waals surface area contributed by atoms with Crippen LogP contribution >= 0.6 is 11.6 Å². The molecule has 0 amide bonds. The molecule has 0 radical (unpaired) electrons. The van der Waals surface area contributed by atoms with Crippen molar-refractivity contribution in [3.63, 3.8) is 0 Å². The molecule has 0 aliphatic carbocycles. The molecule has 1 rings (SSSR count). The van der Waals surface area contributed by atoms with Crippen LogP contribution in [-0.2, 0) is 11.2 Å². The fourth-order valence-electron chi connectivity index (χ4n) is 1.10. The Morgan fingerprint density at radius 2 is 2.13 bits per heavy atom. The summed E-state index contributed by atoms with van der Waals surface area (Å²) in [5.41, 5.74) is -0.217. The Labute approximate surface area is 89.2 Å². The number of benzene rings is 1. The molecule has 0 atom stereocenters. The summed E-state index contributed by atoms with van der Waals surface area (Å²) in [6, 6.07) is 0.933. The highest BCUT2D eigenvalue weighted by Gasteiger charge is 2.19. The average Bonchev–Trinajstić information content (AvgIpc) is 2.14. The van der Waals surface area contributed by atoms with Crippen molar-refractivity contribution in [3.8, 4) is 5.75 Å². The van der Waals surface area contributed by atoms with Gasteiger partial charge in [-0.1, -0.05) is 11.6 Å². The van der Waals surface area contributed by atoms with E-state index in [4.69, 9.17) is 16.7 Å². The van der Waals surface area contributed by atoms with Crippen molar-refractivity contribution in [2.24, 2.45) is 0 Å². The summed E-state index contributed by atoms with van der Waals surface area (Å²) < 4.78 is 31.0. The first-order chi connectivity index (χ1) is 6.97. The molecule has 0 saturated heterocycles. The fourth-order valence-corrected chi connectivity index (χ4v) is 1.32. The smallest absolute Gasteiger partial charge is 0.307 e. The summed E-state index contributed by atoms with van der Waals surface area (Å²) >= 11 is 5.44. The van der Waals surface area contributed by atoms with Crippen molar-refractivity contribution in [1.82, 2.24) is 0 Å². The number of aliphatic carboxylic acids is 1. The first-order valence-corrected chi connectivity index (χ1v) is 4.27. The lowest BCUT2D eigenvalue weighted by atomic mass is 10.1. The molecule has 0 aromatic heterocycles. The van der Waals surface area contributed by atoms with Gasteiger partial charge in [0.05, 0.1) is 18.6 Å². The third-order valence-electron chi connectivity index (χ3n) is 1.74. The van der Waals surface area contributed by atoms with Gasteiger partial charge in [-0.25, -0.2) is 8.78 Å². The van der Waals surface area contributed by atoms with Gasteiger partial charge in [-0.05, 0) is 6.07 Å². The molecule has 3 nitrogen and oxygen atoms in total. The van der Waals surface area contributed by atoms with Crippen LogP contribution in [0.25, 0.3) is 0 Å². The number of ether oxygens (including phenoxy) is 1. The number of methoxy groups -OCH3 is 1. The highest BCUT2D eigenvalue weighted by Crippen LogP contribution is 2.30. The van der Waals surface area contributed by atoms with Crippen LogP contribution in [0.3, 0.4) is 0 Å². The maximum atomic E-state index is 13.4. The molecule has 0 unspecified atom stereocenters. The maximum Gasteiger partial charge on any atom is 0.307 e. The summed E-state index contributed by atoms with van der Waals surface area (Å²) in [7, 11) is 1.07. The Hall–Kier alpha value is -1.36.